The molecule has 10 heteroatoms. The first-order valence-electron chi connectivity index (χ1n) is 12.3. The summed E-state index contributed by atoms with van der Waals surface area (Å²) >= 11 is 0. The molecule has 0 spiro atoms. The van der Waals surface area contributed by atoms with E-state index in [1.165, 1.54) is 36.9 Å². The molecule has 2 aromatic heterocycles. The average Bonchev–Trinajstić information content (AvgIpc) is 3.53. The van der Waals surface area contributed by atoms with Crippen molar-refractivity contribution in [3.05, 3.63) is 78.6 Å². The van der Waals surface area contributed by atoms with Crippen molar-refractivity contribution in [2.24, 2.45) is 0 Å². The summed E-state index contributed by atoms with van der Waals surface area (Å²) in [4.78, 5) is 21.1. The number of aliphatic carboxylic acids is 1. The number of imidazole rings is 2. The van der Waals surface area contributed by atoms with Gasteiger partial charge in [-0.05, 0) is 56.9 Å². The lowest BCUT2D eigenvalue weighted by Crippen LogP contribution is -2.43. The number of halogens is 3. The Kier molecular flexibility index (Phi) is 6.76. The van der Waals surface area contributed by atoms with E-state index >= 15 is 0 Å². The van der Waals surface area contributed by atoms with Gasteiger partial charge in [0.1, 0.15) is 11.6 Å². The maximum absolute atomic E-state index is 10.6. The molecular weight excluding hydrogens is 483 g/mol. The Morgan fingerprint density at radius 3 is 2.27 bits per heavy atom. The van der Waals surface area contributed by atoms with Crippen LogP contribution in [0.25, 0.3) is 16.7 Å². The van der Waals surface area contributed by atoms with Crippen molar-refractivity contribution in [3.63, 3.8) is 0 Å². The SMILES string of the molecule is Cc1nc2ccccc2n1C1C[C@H]2CC[C@@H](C1)N2Cc1nccn1-c1ccccc1.O=C(O)C(F)(F)F. The molecule has 3 atom stereocenters. The number of fused-ring (bicyclic) bond motifs is 3. The molecule has 4 aromatic rings. The predicted octanol–water partition coefficient (Wildman–Crippen LogP) is 5.53. The number of piperidine rings is 1. The highest BCUT2D eigenvalue weighted by molar-refractivity contribution is 5.76. The number of carbonyl (C=O) groups is 1. The predicted molar refractivity (Wildman–Crippen MR) is 132 cm³/mol. The van der Waals surface area contributed by atoms with Gasteiger partial charge in [0.2, 0.25) is 0 Å². The number of alkyl halides is 3. The Hall–Kier alpha value is -3.66. The van der Waals surface area contributed by atoms with Crippen molar-refractivity contribution < 1.29 is 23.1 Å². The van der Waals surface area contributed by atoms with Crippen LogP contribution in [0.3, 0.4) is 0 Å². The van der Waals surface area contributed by atoms with Crippen LogP contribution in [0, 0.1) is 6.92 Å². The van der Waals surface area contributed by atoms with Crippen LogP contribution < -0.4 is 0 Å². The van der Waals surface area contributed by atoms with Crippen LogP contribution in [0.15, 0.2) is 67.0 Å². The van der Waals surface area contributed by atoms with E-state index in [1.807, 2.05) is 6.20 Å². The van der Waals surface area contributed by atoms with Crippen LogP contribution in [0.4, 0.5) is 13.2 Å². The lowest BCUT2D eigenvalue weighted by atomic mass is 9.96. The lowest BCUT2D eigenvalue weighted by Gasteiger charge is -2.39. The minimum atomic E-state index is -5.08. The first-order chi connectivity index (χ1) is 17.7. The number of para-hydroxylation sites is 3. The molecule has 2 saturated heterocycles. The van der Waals surface area contributed by atoms with E-state index in [0.717, 1.165) is 23.7 Å². The molecule has 1 N–H and O–H groups in total. The summed E-state index contributed by atoms with van der Waals surface area (Å²) < 4.78 is 36.5. The van der Waals surface area contributed by atoms with E-state index in [1.54, 1.807) is 0 Å². The second-order valence-corrected chi connectivity index (χ2v) is 9.55. The number of hydrogen-bond donors (Lipinski definition) is 1. The summed E-state index contributed by atoms with van der Waals surface area (Å²) in [6.07, 6.45) is 3.91. The van der Waals surface area contributed by atoms with E-state index in [2.05, 4.69) is 81.8 Å². The molecule has 6 rings (SSSR count). The maximum Gasteiger partial charge on any atom is 0.490 e. The van der Waals surface area contributed by atoms with Crippen molar-refractivity contribution in [1.29, 1.82) is 0 Å². The molecule has 2 fully saturated rings. The van der Waals surface area contributed by atoms with E-state index in [0.29, 0.717) is 18.1 Å². The van der Waals surface area contributed by atoms with Crippen molar-refractivity contribution >= 4 is 17.0 Å². The first-order valence-corrected chi connectivity index (χ1v) is 12.3. The van der Waals surface area contributed by atoms with Crippen LogP contribution >= 0.6 is 0 Å². The van der Waals surface area contributed by atoms with E-state index in [9.17, 15) is 13.2 Å². The number of rotatable bonds is 4. The highest BCUT2D eigenvalue weighted by Gasteiger charge is 2.42. The van der Waals surface area contributed by atoms with E-state index < -0.39 is 12.1 Å². The third-order valence-corrected chi connectivity index (χ3v) is 7.31. The molecule has 0 aliphatic carbocycles. The van der Waals surface area contributed by atoms with Gasteiger partial charge >= 0.3 is 12.1 Å². The summed E-state index contributed by atoms with van der Waals surface area (Å²) in [6, 6.07) is 20.9. The topological polar surface area (TPSA) is 76.2 Å². The van der Waals surface area contributed by atoms with Crippen LogP contribution in [0.1, 0.15) is 43.4 Å². The van der Waals surface area contributed by atoms with Crippen molar-refractivity contribution in [2.45, 2.75) is 63.5 Å². The molecule has 1 unspecified atom stereocenters. The van der Waals surface area contributed by atoms with Gasteiger partial charge in [0, 0.05) is 36.2 Å². The Morgan fingerprint density at radius 2 is 1.62 bits per heavy atom. The minimum absolute atomic E-state index is 0.542. The number of aromatic nitrogens is 4. The standard InChI is InChI=1S/C25H27N5.C2HF3O2/c1-18-27-23-9-5-6-10-24(23)30(18)22-15-20-11-12-21(16-22)29(20)17-25-26-13-14-28(25)19-7-3-2-4-8-19;3-2(4,5)1(6)7/h2-10,13-14,20-22H,11-12,15-17H2,1H3;(H,6,7)/t20-,21+,22?;. The van der Waals surface area contributed by atoms with Crippen molar-refractivity contribution in [2.75, 3.05) is 0 Å². The van der Waals surface area contributed by atoms with Gasteiger partial charge in [-0.15, -0.1) is 0 Å². The normalized spacial score (nSPS) is 21.6. The largest absolute Gasteiger partial charge is 0.490 e. The zero-order valence-electron chi connectivity index (χ0n) is 20.3. The molecule has 2 aliphatic heterocycles. The molecule has 2 bridgehead atoms. The molecule has 2 aromatic carbocycles. The number of carboxylic acids is 1. The number of benzene rings is 2. The summed E-state index contributed by atoms with van der Waals surface area (Å²) in [7, 11) is 0. The Bertz CT molecular complexity index is 1370. The number of nitrogens with zero attached hydrogens (tertiary/aromatic N) is 5. The molecule has 194 valence electrons. The smallest absolute Gasteiger partial charge is 0.475 e. The van der Waals surface area contributed by atoms with Gasteiger partial charge < -0.3 is 14.2 Å². The molecule has 0 saturated carbocycles. The van der Waals surface area contributed by atoms with Gasteiger partial charge in [-0.1, -0.05) is 30.3 Å². The molecule has 37 heavy (non-hydrogen) atoms. The summed E-state index contributed by atoms with van der Waals surface area (Å²) in [6.45, 7) is 3.08. The monoisotopic (exact) mass is 511 g/mol. The highest BCUT2D eigenvalue weighted by atomic mass is 19.4. The minimum Gasteiger partial charge on any atom is -0.475 e. The zero-order valence-corrected chi connectivity index (χ0v) is 20.3. The quantitative estimate of drug-likeness (QED) is 0.390. The van der Waals surface area contributed by atoms with Gasteiger partial charge in [-0.3, -0.25) is 4.90 Å². The molecular formula is C27H28F3N5O2. The second kappa shape index (κ2) is 10.0. The van der Waals surface area contributed by atoms with Crippen molar-refractivity contribution in [1.82, 2.24) is 24.0 Å². The summed E-state index contributed by atoms with van der Waals surface area (Å²) in [5.41, 5.74) is 3.59. The van der Waals surface area contributed by atoms with E-state index in [-0.39, 0.29) is 0 Å². The molecule has 4 heterocycles. The van der Waals surface area contributed by atoms with Gasteiger partial charge in [0.25, 0.3) is 0 Å². The Labute approximate surface area is 212 Å². The number of carboxylic acid groups (broad SMARTS) is 1. The molecule has 0 amide bonds. The fourth-order valence-electron chi connectivity index (χ4n) is 5.78. The fraction of sp³-hybridized carbons (Fsp3) is 0.370. The Morgan fingerprint density at radius 1 is 1.00 bits per heavy atom. The summed E-state index contributed by atoms with van der Waals surface area (Å²) in [5.74, 6) is -0.470. The highest BCUT2D eigenvalue weighted by Crippen LogP contribution is 2.43. The van der Waals surface area contributed by atoms with Crippen molar-refractivity contribution in [3.8, 4) is 5.69 Å². The van der Waals surface area contributed by atoms with Gasteiger partial charge in [-0.25, -0.2) is 14.8 Å². The number of hydrogen-bond acceptors (Lipinski definition) is 4. The number of aryl methyl sites for hydroxylation is 1. The van der Waals surface area contributed by atoms with Crippen LogP contribution in [-0.2, 0) is 11.3 Å². The molecule has 7 nitrogen and oxygen atoms in total. The molecule has 2 aliphatic rings. The first kappa shape index (κ1) is 25.0. The third kappa shape index (κ3) is 5.11. The third-order valence-electron chi connectivity index (χ3n) is 7.31. The van der Waals surface area contributed by atoms with Crippen LogP contribution in [0.5, 0.6) is 0 Å². The van der Waals surface area contributed by atoms with E-state index in [4.69, 9.17) is 19.9 Å². The second-order valence-electron chi connectivity index (χ2n) is 9.55. The summed E-state index contributed by atoms with van der Waals surface area (Å²) in [5, 5.41) is 7.12. The Balaban J connectivity index is 0.000000355. The van der Waals surface area contributed by atoms with Gasteiger partial charge in [-0.2, -0.15) is 13.2 Å². The zero-order chi connectivity index (χ0) is 26.2. The van der Waals surface area contributed by atoms with Gasteiger partial charge in [0.15, 0.2) is 0 Å². The fourth-order valence-corrected chi connectivity index (χ4v) is 5.78. The molecule has 0 radical (unpaired) electrons. The lowest BCUT2D eigenvalue weighted by molar-refractivity contribution is -0.192. The van der Waals surface area contributed by atoms with Crippen LogP contribution in [0.2, 0.25) is 0 Å². The van der Waals surface area contributed by atoms with Crippen LogP contribution in [-0.4, -0.2) is 53.3 Å². The maximum atomic E-state index is 10.6. The average molecular weight is 512 g/mol. The van der Waals surface area contributed by atoms with Gasteiger partial charge in [0.05, 0.1) is 17.6 Å².